The van der Waals surface area contributed by atoms with E-state index in [9.17, 15) is 4.79 Å². The van der Waals surface area contributed by atoms with Crippen molar-refractivity contribution >= 4 is 6.09 Å². The van der Waals surface area contributed by atoms with E-state index < -0.39 is 0 Å². The second-order valence-corrected chi connectivity index (χ2v) is 6.03. The molecule has 2 rings (SSSR count). The maximum absolute atomic E-state index is 11.5. The Bertz CT molecular complexity index is 300. The molecule has 1 N–H and O–H groups in total. The van der Waals surface area contributed by atoms with Crippen LogP contribution in [0.25, 0.3) is 0 Å². The van der Waals surface area contributed by atoms with Crippen molar-refractivity contribution in [3.63, 3.8) is 0 Å². The largest absolute Gasteiger partial charge is 0.450 e. The van der Waals surface area contributed by atoms with E-state index >= 15 is 0 Å². The van der Waals surface area contributed by atoms with Crippen LogP contribution in [-0.2, 0) is 4.74 Å². The highest BCUT2D eigenvalue weighted by molar-refractivity contribution is 5.67. The molecule has 16 heavy (non-hydrogen) atoms. The van der Waals surface area contributed by atoms with Crippen molar-refractivity contribution in [1.82, 2.24) is 5.32 Å². The van der Waals surface area contributed by atoms with Gasteiger partial charge in [-0.1, -0.05) is 20.8 Å². The number of ether oxygens (including phenoxy) is 1. The SMILES string of the molecule is CCOC(=O)N[C@H]1C[C@H]2CC[C@]1(C)C2(C)C. The third kappa shape index (κ3) is 1.44. The van der Waals surface area contributed by atoms with Crippen LogP contribution < -0.4 is 5.32 Å². The minimum atomic E-state index is -0.253. The lowest BCUT2D eigenvalue weighted by Gasteiger charge is -2.39. The summed E-state index contributed by atoms with van der Waals surface area (Å²) >= 11 is 0. The molecule has 0 unspecified atom stereocenters. The fourth-order valence-electron chi connectivity index (χ4n) is 3.74. The minimum absolute atomic E-state index is 0.241. The first kappa shape index (κ1) is 11.7. The topological polar surface area (TPSA) is 38.3 Å². The van der Waals surface area contributed by atoms with Gasteiger partial charge in [-0.3, -0.25) is 0 Å². The number of carbonyl (C=O) groups excluding carboxylic acids is 1. The van der Waals surface area contributed by atoms with E-state index in [1.807, 2.05) is 6.92 Å². The van der Waals surface area contributed by atoms with Crippen LogP contribution in [0.4, 0.5) is 4.79 Å². The van der Waals surface area contributed by atoms with Gasteiger partial charge in [0.2, 0.25) is 0 Å². The molecule has 92 valence electrons. The number of fused-ring (bicyclic) bond motifs is 2. The van der Waals surface area contributed by atoms with Gasteiger partial charge in [0.1, 0.15) is 0 Å². The summed E-state index contributed by atoms with van der Waals surface area (Å²) in [5.41, 5.74) is 0.585. The van der Waals surface area contributed by atoms with Crippen molar-refractivity contribution < 1.29 is 9.53 Å². The molecule has 0 aromatic carbocycles. The number of hydrogen-bond acceptors (Lipinski definition) is 2. The van der Waals surface area contributed by atoms with Crippen LogP contribution in [-0.4, -0.2) is 18.7 Å². The van der Waals surface area contributed by atoms with Gasteiger partial charge in [0.15, 0.2) is 0 Å². The number of hydrogen-bond donors (Lipinski definition) is 1. The first-order chi connectivity index (χ1) is 7.41. The van der Waals surface area contributed by atoms with Crippen LogP contribution in [0.2, 0.25) is 0 Å². The number of amides is 1. The Hall–Kier alpha value is -0.730. The predicted octanol–water partition coefficient (Wildman–Crippen LogP) is 2.95. The van der Waals surface area contributed by atoms with Gasteiger partial charge in [-0.05, 0) is 42.9 Å². The fraction of sp³-hybridized carbons (Fsp3) is 0.923. The zero-order valence-corrected chi connectivity index (χ0v) is 10.8. The second-order valence-electron chi connectivity index (χ2n) is 6.03. The number of carbonyl (C=O) groups is 1. The zero-order chi connectivity index (χ0) is 12.0. The normalized spacial score (nSPS) is 39.8. The van der Waals surface area contributed by atoms with Crippen molar-refractivity contribution in [1.29, 1.82) is 0 Å². The van der Waals surface area contributed by atoms with Gasteiger partial charge in [0, 0.05) is 6.04 Å². The Morgan fingerprint density at radius 2 is 2.12 bits per heavy atom. The molecule has 0 saturated heterocycles. The molecule has 0 heterocycles. The smallest absolute Gasteiger partial charge is 0.407 e. The van der Waals surface area contributed by atoms with Crippen molar-refractivity contribution in [3.8, 4) is 0 Å². The molecule has 0 aliphatic heterocycles. The molecule has 0 spiro atoms. The van der Waals surface area contributed by atoms with Crippen LogP contribution in [0.1, 0.15) is 47.0 Å². The van der Waals surface area contributed by atoms with Gasteiger partial charge >= 0.3 is 6.09 Å². The van der Waals surface area contributed by atoms with Crippen LogP contribution in [0.5, 0.6) is 0 Å². The lowest BCUT2D eigenvalue weighted by molar-refractivity contribution is 0.104. The summed E-state index contributed by atoms with van der Waals surface area (Å²) in [6, 6.07) is 0.292. The van der Waals surface area contributed by atoms with E-state index in [4.69, 9.17) is 4.74 Å². The highest BCUT2D eigenvalue weighted by Gasteiger charge is 2.61. The summed E-state index contributed by atoms with van der Waals surface area (Å²) in [6.45, 7) is 9.29. The lowest BCUT2D eigenvalue weighted by Crippen LogP contribution is -2.47. The molecule has 2 bridgehead atoms. The molecule has 1 amide bonds. The maximum atomic E-state index is 11.5. The first-order valence-corrected chi connectivity index (χ1v) is 6.35. The molecule has 2 aliphatic rings. The first-order valence-electron chi connectivity index (χ1n) is 6.35. The summed E-state index contributed by atoms with van der Waals surface area (Å²) in [5, 5.41) is 3.05. The molecule has 0 radical (unpaired) electrons. The highest BCUT2D eigenvalue weighted by atomic mass is 16.5. The van der Waals surface area contributed by atoms with Gasteiger partial charge < -0.3 is 10.1 Å². The second kappa shape index (κ2) is 3.64. The third-order valence-corrected chi connectivity index (χ3v) is 5.36. The molecule has 2 saturated carbocycles. The number of rotatable bonds is 2. The summed E-state index contributed by atoms with van der Waals surface area (Å²) in [5.74, 6) is 0.754. The summed E-state index contributed by atoms with van der Waals surface area (Å²) in [4.78, 5) is 11.5. The van der Waals surface area contributed by atoms with Gasteiger partial charge in [0.05, 0.1) is 6.61 Å². The highest BCUT2D eigenvalue weighted by Crippen LogP contribution is 2.65. The minimum Gasteiger partial charge on any atom is -0.450 e. The van der Waals surface area contributed by atoms with Gasteiger partial charge in [-0.25, -0.2) is 4.79 Å². The van der Waals surface area contributed by atoms with E-state index in [-0.39, 0.29) is 11.5 Å². The van der Waals surface area contributed by atoms with E-state index in [1.54, 1.807) is 0 Å². The lowest BCUT2D eigenvalue weighted by atomic mass is 9.69. The van der Waals surface area contributed by atoms with Crippen molar-refractivity contribution in [2.75, 3.05) is 6.61 Å². The Labute approximate surface area is 97.9 Å². The Kier molecular flexibility index (Phi) is 2.67. The Morgan fingerprint density at radius 3 is 2.56 bits per heavy atom. The standard InChI is InChI=1S/C13H23NO2/c1-5-16-11(15)14-10-8-9-6-7-13(10,4)12(9,2)3/h9-10H,5-8H2,1-4H3,(H,14,15)/t9-,10+,13+/m1/s1. The molecule has 2 aliphatic carbocycles. The van der Waals surface area contributed by atoms with Crippen LogP contribution in [0.3, 0.4) is 0 Å². The Morgan fingerprint density at radius 1 is 1.44 bits per heavy atom. The predicted molar refractivity (Wildman–Crippen MR) is 63.2 cm³/mol. The zero-order valence-electron chi connectivity index (χ0n) is 10.8. The van der Waals surface area contributed by atoms with E-state index in [0.717, 1.165) is 12.3 Å². The van der Waals surface area contributed by atoms with Gasteiger partial charge in [-0.2, -0.15) is 0 Å². The molecular formula is C13H23NO2. The average molecular weight is 225 g/mol. The monoisotopic (exact) mass is 225 g/mol. The number of nitrogens with one attached hydrogen (secondary N) is 1. The molecule has 2 fully saturated rings. The quantitative estimate of drug-likeness (QED) is 0.784. The van der Waals surface area contributed by atoms with Gasteiger partial charge in [0.25, 0.3) is 0 Å². The molecule has 3 atom stereocenters. The summed E-state index contributed by atoms with van der Waals surface area (Å²) < 4.78 is 4.97. The van der Waals surface area contributed by atoms with Crippen molar-refractivity contribution in [2.24, 2.45) is 16.7 Å². The molecule has 0 aromatic rings. The van der Waals surface area contributed by atoms with E-state index in [0.29, 0.717) is 18.1 Å². The Balaban J connectivity index is 2.07. The van der Waals surface area contributed by atoms with E-state index in [2.05, 4.69) is 26.1 Å². The molecule has 3 heteroatoms. The molecule has 0 aromatic heterocycles. The number of alkyl carbamates (subject to hydrolysis) is 1. The van der Waals surface area contributed by atoms with Gasteiger partial charge in [-0.15, -0.1) is 0 Å². The van der Waals surface area contributed by atoms with Crippen LogP contribution in [0, 0.1) is 16.7 Å². The average Bonchev–Trinajstić information content (AvgIpc) is 2.51. The van der Waals surface area contributed by atoms with Crippen LogP contribution >= 0.6 is 0 Å². The molecule has 3 nitrogen and oxygen atoms in total. The van der Waals surface area contributed by atoms with Crippen LogP contribution in [0.15, 0.2) is 0 Å². The fourth-order valence-corrected chi connectivity index (χ4v) is 3.74. The van der Waals surface area contributed by atoms with Crippen molar-refractivity contribution in [3.05, 3.63) is 0 Å². The molecular weight excluding hydrogens is 202 g/mol. The van der Waals surface area contributed by atoms with E-state index in [1.165, 1.54) is 12.8 Å². The maximum Gasteiger partial charge on any atom is 0.407 e. The van der Waals surface area contributed by atoms with Crippen molar-refractivity contribution in [2.45, 2.75) is 53.0 Å². The summed E-state index contributed by atoms with van der Waals surface area (Å²) in [7, 11) is 0. The summed E-state index contributed by atoms with van der Waals surface area (Å²) in [6.07, 6.45) is 3.39. The third-order valence-electron chi connectivity index (χ3n) is 5.36.